The van der Waals surface area contributed by atoms with Crippen LogP contribution in [0.4, 0.5) is 0 Å². The average molecular weight is 209 g/mol. The second-order valence-electron chi connectivity index (χ2n) is 4.65. The van der Waals surface area contributed by atoms with Crippen molar-refractivity contribution in [1.82, 2.24) is 4.90 Å². The molecule has 1 aliphatic rings. The summed E-state index contributed by atoms with van der Waals surface area (Å²) < 4.78 is 0. The third kappa shape index (κ3) is 3.69. The quantitative estimate of drug-likeness (QED) is 0.486. The highest BCUT2D eigenvalue weighted by molar-refractivity contribution is 5.79. The zero-order valence-corrected chi connectivity index (χ0v) is 10.1. The van der Waals surface area contributed by atoms with Gasteiger partial charge in [0.2, 0.25) is 5.91 Å². The molecule has 1 saturated heterocycles. The summed E-state index contributed by atoms with van der Waals surface area (Å²) >= 11 is 0. The Morgan fingerprint density at radius 1 is 1.47 bits per heavy atom. The SMILES string of the molecule is C=C(C)C1CC(=O)N(CCCCCC)C1. The van der Waals surface area contributed by atoms with E-state index in [1.54, 1.807) is 0 Å². The molecule has 0 N–H and O–H groups in total. The van der Waals surface area contributed by atoms with Crippen LogP contribution < -0.4 is 0 Å². The highest BCUT2D eigenvalue weighted by Gasteiger charge is 2.28. The van der Waals surface area contributed by atoms with Crippen molar-refractivity contribution < 1.29 is 4.79 Å². The van der Waals surface area contributed by atoms with Gasteiger partial charge in [0.15, 0.2) is 0 Å². The lowest BCUT2D eigenvalue weighted by Crippen LogP contribution is -2.26. The number of carbonyl (C=O) groups excluding carboxylic acids is 1. The number of rotatable bonds is 6. The van der Waals surface area contributed by atoms with Crippen LogP contribution in [0, 0.1) is 5.92 Å². The second kappa shape index (κ2) is 5.94. The highest BCUT2D eigenvalue weighted by atomic mass is 16.2. The molecule has 0 aromatic heterocycles. The van der Waals surface area contributed by atoms with Gasteiger partial charge in [0.25, 0.3) is 0 Å². The van der Waals surface area contributed by atoms with Crippen LogP contribution in [0.1, 0.15) is 46.0 Å². The van der Waals surface area contributed by atoms with Crippen LogP contribution in [-0.2, 0) is 4.79 Å². The van der Waals surface area contributed by atoms with Crippen LogP contribution in [0.15, 0.2) is 12.2 Å². The normalized spacial score (nSPS) is 21.1. The molecular weight excluding hydrogens is 186 g/mol. The van der Waals surface area contributed by atoms with Gasteiger partial charge in [-0.15, -0.1) is 0 Å². The van der Waals surface area contributed by atoms with Crippen molar-refractivity contribution in [3.8, 4) is 0 Å². The standard InChI is InChI=1S/C13H23NO/c1-4-5-6-7-8-14-10-12(11(2)3)9-13(14)15/h12H,2,4-10H2,1,3H3. The Labute approximate surface area is 93.3 Å². The van der Waals surface area contributed by atoms with Crippen molar-refractivity contribution in [3.05, 3.63) is 12.2 Å². The van der Waals surface area contributed by atoms with Gasteiger partial charge in [-0.05, 0) is 13.3 Å². The van der Waals surface area contributed by atoms with Gasteiger partial charge >= 0.3 is 0 Å². The maximum absolute atomic E-state index is 11.6. The van der Waals surface area contributed by atoms with Gasteiger partial charge in [0.1, 0.15) is 0 Å². The molecule has 0 aromatic rings. The largest absolute Gasteiger partial charge is 0.342 e. The van der Waals surface area contributed by atoms with Gasteiger partial charge in [-0.2, -0.15) is 0 Å². The number of likely N-dealkylation sites (tertiary alicyclic amines) is 1. The molecule has 15 heavy (non-hydrogen) atoms. The molecule has 0 saturated carbocycles. The predicted molar refractivity (Wildman–Crippen MR) is 63.6 cm³/mol. The third-order valence-corrected chi connectivity index (χ3v) is 3.19. The predicted octanol–water partition coefficient (Wildman–Crippen LogP) is 2.99. The molecule has 1 aliphatic heterocycles. The maximum atomic E-state index is 11.6. The van der Waals surface area contributed by atoms with Gasteiger partial charge in [-0.3, -0.25) is 4.79 Å². The highest BCUT2D eigenvalue weighted by Crippen LogP contribution is 2.23. The van der Waals surface area contributed by atoms with E-state index < -0.39 is 0 Å². The van der Waals surface area contributed by atoms with Gasteiger partial charge in [-0.1, -0.05) is 38.3 Å². The van der Waals surface area contributed by atoms with Crippen molar-refractivity contribution >= 4 is 5.91 Å². The second-order valence-corrected chi connectivity index (χ2v) is 4.65. The Hall–Kier alpha value is -0.790. The molecular formula is C13H23NO. The van der Waals surface area contributed by atoms with E-state index in [2.05, 4.69) is 13.5 Å². The molecule has 2 heteroatoms. The van der Waals surface area contributed by atoms with Gasteiger partial charge in [-0.25, -0.2) is 0 Å². The van der Waals surface area contributed by atoms with Crippen LogP contribution in [0.3, 0.4) is 0 Å². The summed E-state index contributed by atoms with van der Waals surface area (Å²) in [6.07, 6.45) is 5.62. The van der Waals surface area contributed by atoms with Crippen LogP contribution >= 0.6 is 0 Å². The monoisotopic (exact) mass is 209 g/mol. The molecule has 2 nitrogen and oxygen atoms in total. The van der Waals surface area contributed by atoms with Crippen molar-refractivity contribution in [3.63, 3.8) is 0 Å². The van der Waals surface area contributed by atoms with E-state index in [0.29, 0.717) is 18.2 Å². The molecule has 86 valence electrons. The average Bonchev–Trinajstić information content (AvgIpc) is 2.55. The van der Waals surface area contributed by atoms with E-state index in [1.165, 1.54) is 19.3 Å². The van der Waals surface area contributed by atoms with Crippen molar-refractivity contribution in [1.29, 1.82) is 0 Å². The summed E-state index contributed by atoms with van der Waals surface area (Å²) in [5.41, 5.74) is 1.15. The Kier molecular flexibility index (Phi) is 4.86. The summed E-state index contributed by atoms with van der Waals surface area (Å²) in [6.45, 7) is 10.0. The minimum absolute atomic E-state index is 0.319. The van der Waals surface area contributed by atoms with Crippen molar-refractivity contribution in [2.45, 2.75) is 46.0 Å². The van der Waals surface area contributed by atoms with E-state index in [1.807, 2.05) is 11.8 Å². The smallest absolute Gasteiger partial charge is 0.223 e. The lowest BCUT2D eigenvalue weighted by atomic mass is 10.0. The fourth-order valence-electron chi connectivity index (χ4n) is 2.05. The van der Waals surface area contributed by atoms with Crippen LogP contribution in [0.2, 0.25) is 0 Å². The Morgan fingerprint density at radius 2 is 2.20 bits per heavy atom. The Balaban J connectivity index is 2.25. The zero-order valence-electron chi connectivity index (χ0n) is 10.1. The molecule has 1 fully saturated rings. The number of hydrogen-bond acceptors (Lipinski definition) is 1. The lowest BCUT2D eigenvalue weighted by molar-refractivity contribution is -0.127. The lowest BCUT2D eigenvalue weighted by Gasteiger charge is -2.16. The molecule has 1 atom stereocenters. The molecule has 1 heterocycles. The minimum Gasteiger partial charge on any atom is -0.342 e. The Bertz CT molecular complexity index is 235. The first-order valence-electron chi connectivity index (χ1n) is 6.08. The summed E-state index contributed by atoms with van der Waals surface area (Å²) in [6, 6.07) is 0. The summed E-state index contributed by atoms with van der Waals surface area (Å²) in [4.78, 5) is 13.6. The molecule has 1 rings (SSSR count). The number of nitrogens with zero attached hydrogens (tertiary/aromatic N) is 1. The van der Waals surface area contributed by atoms with Crippen molar-refractivity contribution in [2.24, 2.45) is 5.92 Å². The third-order valence-electron chi connectivity index (χ3n) is 3.19. The molecule has 0 radical (unpaired) electrons. The molecule has 0 aliphatic carbocycles. The van der Waals surface area contributed by atoms with E-state index in [4.69, 9.17) is 0 Å². The molecule has 0 aromatic carbocycles. The molecule has 1 amide bonds. The van der Waals surface area contributed by atoms with Gasteiger partial charge in [0, 0.05) is 25.4 Å². The van der Waals surface area contributed by atoms with Crippen LogP contribution in [0.25, 0.3) is 0 Å². The number of carbonyl (C=O) groups is 1. The number of hydrogen-bond donors (Lipinski definition) is 0. The van der Waals surface area contributed by atoms with Crippen LogP contribution in [0.5, 0.6) is 0 Å². The first-order valence-corrected chi connectivity index (χ1v) is 6.08. The van der Waals surface area contributed by atoms with Crippen molar-refractivity contribution in [2.75, 3.05) is 13.1 Å². The fraction of sp³-hybridized carbons (Fsp3) is 0.769. The number of amides is 1. The summed E-state index contributed by atoms with van der Waals surface area (Å²) in [5, 5.41) is 0. The minimum atomic E-state index is 0.319. The van der Waals surface area contributed by atoms with E-state index in [-0.39, 0.29) is 0 Å². The van der Waals surface area contributed by atoms with Gasteiger partial charge in [0.05, 0.1) is 0 Å². The number of unbranched alkanes of at least 4 members (excludes halogenated alkanes) is 3. The van der Waals surface area contributed by atoms with E-state index in [0.717, 1.165) is 25.1 Å². The maximum Gasteiger partial charge on any atom is 0.223 e. The zero-order chi connectivity index (χ0) is 11.3. The molecule has 0 spiro atoms. The topological polar surface area (TPSA) is 20.3 Å². The Morgan fingerprint density at radius 3 is 2.73 bits per heavy atom. The van der Waals surface area contributed by atoms with E-state index in [9.17, 15) is 4.79 Å². The van der Waals surface area contributed by atoms with Gasteiger partial charge < -0.3 is 4.90 Å². The summed E-state index contributed by atoms with van der Waals surface area (Å²) in [7, 11) is 0. The summed E-state index contributed by atoms with van der Waals surface area (Å²) in [5.74, 6) is 0.725. The van der Waals surface area contributed by atoms with E-state index >= 15 is 0 Å². The first-order chi connectivity index (χ1) is 7.15. The fourth-order valence-corrected chi connectivity index (χ4v) is 2.05. The molecule has 0 bridgehead atoms. The molecule has 1 unspecified atom stereocenters. The van der Waals surface area contributed by atoms with Crippen LogP contribution in [-0.4, -0.2) is 23.9 Å². The first kappa shape index (κ1) is 12.3.